The van der Waals surface area contributed by atoms with Crippen LogP contribution in [0.15, 0.2) is 12.4 Å². The molecule has 144 valence electrons. The molecule has 1 aliphatic heterocycles. The van der Waals surface area contributed by atoms with E-state index in [9.17, 15) is 5.26 Å². The Morgan fingerprint density at radius 2 is 2.19 bits per heavy atom. The van der Waals surface area contributed by atoms with Crippen molar-refractivity contribution in [3.8, 4) is 11.9 Å². The van der Waals surface area contributed by atoms with Gasteiger partial charge in [-0.1, -0.05) is 11.6 Å². The summed E-state index contributed by atoms with van der Waals surface area (Å²) in [5.41, 5.74) is 0.730. The minimum Gasteiger partial charge on any atom is -0.476 e. The van der Waals surface area contributed by atoms with E-state index in [0.717, 1.165) is 37.3 Å². The van der Waals surface area contributed by atoms with E-state index in [-0.39, 0.29) is 0 Å². The van der Waals surface area contributed by atoms with Crippen LogP contribution in [0.25, 0.3) is 0 Å². The zero-order valence-corrected chi connectivity index (χ0v) is 16.5. The molecule has 0 radical (unpaired) electrons. The minimum absolute atomic E-state index is 0.370. The van der Waals surface area contributed by atoms with Crippen LogP contribution >= 0.6 is 11.6 Å². The van der Waals surface area contributed by atoms with Crippen molar-refractivity contribution in [2.45, 2.75) is 39.2 Å². The van der Waals surface area contributed by atoms with Gasteiger partial charge in [-0.2, -0.15) is 15.3 Å². The average molecular weight is 390 g/mol. The van der Waals surface area contributed by atoms with Crippen molar-refractivity contribution in [3.05, 3.63) is 23.1 Å². The molecule has 0 bridgehead atoms. The number of nitriles is 1. The number of piperidine rings is 1. The van der Waals surface area contributed by atoms with Crippen LogP contribution in [-0.2, 0) is 5.54 Å². The van der Waals surface area contributed by atoms with Crippen LogP contribution in [0.2, 0.25) is 5.02 Å². The number of hydrogen-bond donors (Lipinski definition) is 2. The molecule has 0 aliphatic carbocycles. The molecule has 2 N–H and O–H groups in total. The largest absolute Gasteiger partial charge is 0.476 e. The summed E-state index contributed by atoms with van der Waals surface area (Å²) >= 11 is 6.19. The van der Waals surface area contributed by atoms with Crippen LogP contribution in [0.5, 0.6) is 5.88 Å². The van der Waals surface area contributed by atoms with Gasteiger partial charge in [0, 0.05) is 0 Å². The maximum absolute atomic E-state index is 9.28. The first-order valence-corrected chi connectivity index (χ1v) is 9.38. The molecule has 3 rings (SSSR count). The molecule has 0 unspecified atom stereocenters. The Bertz CT molecular complexity index is 837. The first-order valence-electron chi connectivity index (χ1n) is 9.00. The molecule has 8 nitrogen and oxygen atoms in total. The molecule has 0 spiro atoms. The summed E-state index contributed by atoms with van der Waals surface area (Å²) in [6, 6.07) is 2.23. The fourth-order valence-electron chi connectivity index (χ4n) is 2.80. The molecule has 27 heavy (non-hydrogen) atoms. The molecule has 1 saturated heterocycles. The molecule has 1 fully saturated rings. The van der Waals surface area contributed by atoms with Crippen molar-refractivity contribution >= 4 is 23.2 Å². The summed E-state index contributed by atoms with van der Waals surface area (Å²) in [7, 11) is 0. The van der Waals surface area contributed by atoms with Crippen molar-refractivity contribution in [1.29, 1.82) is 5.26 Å². The van der Waals surface area contributed by atoms with Gasteiger partial charge in [-0.15, -0.1) is 0 Å². The number of aromatic nitrogens is 4. The summed E-state index contributed by atoms with van der Waals surface area (Å²) in [4.78, 5) is 8.61. The molecule has 2 aromatic heterocycles. The number of ether oxygens (including phenoxy) is 1. The minimum atomic E-state index is -0.741. The number of nitrogens with zero attached hydrogens (tertiary/aromatic N) is 5. The Labute approximate surface area is 163 Å². The van der Waals surface area contributed by atoms with Gasteiger partial charge in [0.1, 0.15) is 10.6 Å². The molecular weight excluding hydrogens is 366 g/mol. The highest BCUT2D eigenvalue weighted by Gasteiger charge is 2.22. The van der Waals surface area contributed by atoms with Crippen LogP contribution in [0.1, 0.15) is 32.4 Å². The second kappa shape index (κ2) is 8.11. The van der Waals surface area contributed by atoms with Crippen molar-refractivity contribution in [2.75, 3.05) is 25.0 Å². The van der Waals surface area contributed by atoms with Gasteiger partial charge in [0.05, 0.1) is 36.5 Å². The van der Waals surface area contributed by atoms with E-state index in [1.54, 1.807) is 24.7 Å². The summed E-state index contributed by atoms with van der Waals surface area (Å²) in [5.74, 6) is 1.25. The van der Waals surface area contributed by atoms with Crippen molar-refractivity contribution in [2.24, 2.45) is 5.92 Å². The normalized spacial score (nSPS) is 15.4. The molecule has 1 aliphatic rings. The molecular formula is C18H24ClN7O. The number of aryl methyl sites for hydroxylation is 1. The number of rotatable bonds is 6. The number of nitrogens with one attached hydrogen (secondary N) is 2. The van der Waals surface area contributed by atoms with Gasteiger partial charge in [-0.25, -0.2) is 4.98 Å². The van der Waals surface area contributed by atoms with E-state index < -0.39 is 5.54 Å². The smallest absolute Gasteiger partial charge is 0.237 e. The summed E-state index contributed by atoms with van der Waals surface area (Å²) in [6.45, 7) is 8.08. The lowest BCUT2D eigenvalue weighted by Gasteiger charge is -2.22. The monoisotopic (exact) mass is 389 g/mol. The lowest BCUT2D eigenvalue weighted by molar-refractivity contribution is 0.209. The van der Waals surface area contributed by atoms with E-state index >= 15 is 0 Å². The average Bonchev–Trinajstić information content (AvgIpc) is 3.04. The highest BCUT2D eigenvalue weighted by atomic mass is 35.5. The zero-order chi connectivity index (χ0) is 19.4. The molecule has 0 saturated carbocycles. The molecule has 2 aromatic rings. The van der Waals surface area contributed by atoms with E-state index in [0.29, 0.717) is 29.4 Å². The Kier molecular flexibility index (Phi) is 5.82. The third-order valence-corrected chi connectivity index (χ3v) is 4.88. The predicted molar refractivity (Wildman–Crippen MR) is 103 cm³/mol. The first-order chi connectivity index (χ1) is 12.9. The Morgan fingerprint density at radius 1 is 1.44 bits per heavy atom. The van der Waals surface area contributed by atoms with Crippen LogP contribution in [-0.4, -0.2) is 39.4 Å². The summed E-state index contributed by atoms with van der Waals surface area (Å²) < 4.78 is 7.47. The summed E-state index contributed by atoms with van der Waals surface area (Å²) in [6.07, 6.45) is 5.46. The summed E-state index contributed by atoms with van der Waals surface area (Å²) in [5, 5.41) is 20.5. The van der Waals surface area contributed by atoms with Crippen LogP contribution < -0.4 is 15.4 Å². The van der Waals surface area contributed by atoms with Crippen LogP contribution in [0, 0.1) is 24.2 Å². The maximum atomic E-state index is 9.28. The fraction of sp³-hybridized carbons (Fsp3) is 0.556. The quantitative estimate of drug-likeness (QED) is 0.782. The van der Waals surface area contributed by atoms with E-state index in [4.69, 9.17) is 16.3 Å². The second-order valence-electron chi connectivity index (χ2n) is 7.22. The highest BCUT2D eigenvalue weighted by Crippen LogP contribution is 2.26. The van der Waals surface area contributed by atoms with E-state index in [1.807, 2.05) is 6.92 Å². The molecule has 3 heterocycles. The first kappa shape index (κ1) is 19.4. The van der Waals surface area contributed by atoms with Gasteiger partial charge in [0.2, 0.25) is 11.8 Å². The Balaban J connectivity index is 1.71. The van der Waals surface area contributed by atoms with E-state index in [2.05, 4.69) is 31.8 Å². The predicted octanol–water partition coefficient (Wildman–Crippen LogP) is 3.02. The third kappa shape index (κ3) is 4.67. The number of halogens is 1. The maximum Gasteiger partial charge on any atom is 0.237 e. The van der Waals surface area contributed by atoms with Gasteiger partial charge in [0.25, 0.3) is 0 Å². The molecule has 0 aromatic carbocycles. The highest BCUT2D eigenvalue weighted by molar-refractivity contribution is 6.31. The molecule has 0 amide bonds. The Hall–Kier alpha value is -2.37. The SMILES string of the molecule is Cc1nn(C(C)(C)C#N)cc1Nc1ncc(Cl)c(OCC2CCNCC2)n1. The van der Waals surface area contributed by atoms with E-state index in [1.165, 1.54) is 6.20 Å². The van der Waals surface area contributed by atoms with Crippen molar-refractivity contribution in [3.63, 3.8) is 0 Å². The zero-order valence-electron chi connectivity index (χ0n) is 15.8. The van der Waals surface area contributed by atoms with Gasteiger partial charge in [0.15, 0.2) is 0 Å². The standard InChI is InChI=1S/C18H24ClN7O/c1-12-15(9-26(25-12)18(2,3)11-20)23-17-22-8-14(19)16(24-17)27-10-13-4-6-21-7-5-13/h8-9,13,21H,4-7,10H2,1-3H3,(H,22,23,24). The van der Waals surface area contributed by atoms with Crippen molar-refractivity contribution in [1.82, 2.24) is 25.1 Å². The van der Waals surface area contributed by atoms with Crippen molar-refractivity contribution < 1.29 is 4.74 Å². The van der Waals surface area contributed by atoms with Gasteiger partial charge < -0.3 is 15.4 Å². The van der Waals surface area contributed by atoms with Gasteiger partial charge in [-0.05, 0) is 52.6 Å². The topological polar surface area (TPSA) is 101 Å². The van der Waals surface area contributed by atoms with Crippen LogP contribution in [0.3, 0.4) is 0 Å². The second-order valence-corrected chi connectivity index (χ2v) is 7.63. The number of anilines is 2. The van der Waals surface area contributed by atoms with Gasteiger partial charge >= 0.3 is 0 Å². The molecule has 9 heteroatoms. The molecule has 0 atom stereocenters. The number of hydrogen-bond acceptors (Lipinski definition) is 7. The Morgan fingerprint density at radius 3 is 2.89 bits per heavy atom. The lowest BCUT2D eigenvalue weighted by Crippen LogP contribution is -2.30. The lowest BCUT2D eigenvalue weighted by atomic mass is 9.99. The fourth-order valence-corrected chi connectivity index (χ4v) is 2.94. The third-order valence-electron chi connectivity index (χ3n) is 4.62. The van der Waals surface area contributed by atoms with Gasteiger partial charge in [-0.3, -0.25) is 4.68 Å². The van der Waals surface area contributed by atoms with Crippen LogP contribution in [0.4, 0.5) is 11.6 Å².